The van der Waals surface area contributed by atoms with E-state index >= 15 is 0 Å². The lowest BCUT2D eigenvalue weighted by Gasteiger charge is -2.09. The summed E-state index contributed by atoms with van der Waals surface area (Å²) in [6.45, 7) is 0. The van der Waals surface area contributed by atoms with E-state index in [0.29, 0.717) is 5.69 Å². The Morgan fingerprint density at radius 3 is 3.07 bits per heavy atom. The van der Waals surface area contributed by atoms with Gasteiger partial charge in [0.15, 0.2) is 0 Å². The van der Waals surface area contributed by atoms with Crippen LogP contribution in [0.3, 0.4) is 0 Å². The van der Waals surface area contributed by atoms with Crippen LogP contribution in [0.1, 0.15) is 21.7 Å². The molecule has 0 aliphatic carbocycles. The van der Waals surface area contributed by atoms with Crippen LogP contribution >= 0.6 is 27.7 Å². The third-order valence-electron chi connectivity index (χ3n) is 2.26. The quantitative estimate of drug-likeness (QED) is 0.801. The number of carbonyl (C=O) groups excluding carboxylic acids is 1. The molecular weight excluding hydrogens is 266 g/mol. The molecule has 2 heterocycles. The van der Waals surface area contributed by atoms with Gasteiger partial charge < -0.3 is 9.72 Å². The fourth-order valence-corrected chi connectivity index (χ4v) is 3.36. The molecule has 0 aromatic carbocycles. The van der Waals surface area contributed by atoms with Crippen LogP contribution in [0.25, 0.3) is 0 Å². The minimum Gasteiger partial charge on any atom is -0.464 e. The normalized spacial score (nSPS) is 15.0. The van der Waals surface area contributed by atoms with E-state index < -0.39 is 0 Å². The smallest absolute Gasteiger partial charge is 0.355 e. The Hall–Kier alpha value is -0.420. The molecule has 0 saturated carbocycles. The Balaban J connectivity index is 2.43. The third-order valence-corrected chi connectivity index (χ3v) is 4.12. The molecule has 0 atom stereocenters. The van der Waals surface area contributed by atoms with E-state index in [0.717, 1.165) is 28.1 Å². The average molecular weight is 276 g/mol. The molecule has 14 heavy (non-hydrogen) atoms. The van der Waals surface area contributed by atoms with Crippen LogP contribution in [0.2, 0.25) is 0 Å². The number of esters is 1. The van der Waals surface area contributed by atoms with Crippen LogP contribution in [0.5, 0.6) is 0 Å². The Morgan fingerprint density at radius 1 is 1.64 bits per heavy atom. The summed E-state index contributed by atoms with van der Waals surface area (Å²) < 4.78 is 5.56. The molecule has 3 nitrogen and oxygen atoms in total. The van der Waals surface area contributed by atoms with Crippen LogP contribution in [0, 0.1) is 0 Å². The second kappa shape index (κ2) is 3.98. The van der Waals surface area contributed by atoms with E-state index in [9.17, 15) is 4.79 Å². The molecule has 0 saturated heterocycles. The van der Waals surface area contributed by atoms with E-state index in [4.69, 9.17) is 0 Å². The van der Waals surface area contributed by atoms with Crippen molar-refractivity contribution in [3.8, 4) is 0 Å². The predicted molar refractivity (Wildman–Crippen MR) is 59.7 cm³/mol. The van der Waals surface area contributed by atoms with E-state index in [1.807, 2.05) is 11.8 Å². The lowest BCUT2D eigenvalue weighted by Crippen LogP contribution is -2.02. The van der Waals surface area contributed by atoms with Crippen molar-refractivity contribution in [3.63, 3.8) is 0 Å². The van der Waals surface area contributed by atoms with Crippen LogP contribution < -0.4 is 0 Å². The first-order chi connectivity index (χ1) is 6.74. The molecule has 1 aliphatic rings. The highest BCUT2D eigenvalue weighted by Gasteiger charge is 2.22. The van der Waals surface area contributed by atoms with Gasteiger partial charge in [0, 0.05) is 11.4 Å². The van der Waals surface area contributed by atoms with Gasteiger partial charge in [-0.3, -0.25) is 0 Å². The van der Waals surface area contributed by atoms with Crippen LogP contribution in [0.4, 0.5) is 0 Å². The second-order valence-electron chi connectivity index (χ2n) is 3.07. The number of hydrogen-bond donors (Lipinski definition) is 1. The number of halogens is 1. The number of aromatic amines is 1. The minimum atomic E-state index is -0.309. The monoisotopic (exact) mass is 275 g/mol. The molecular formula is C9H10BrNO2S. The molecule has 0 amide bonds. The zero-order chi connectivity index (χ0) is 10.1. The molecule has 0 fully saturated rings. The van der Waals surface area contributed by atoms with E-state index in [-0.39, 0.29) is 5.97 Å². The number of thioether (sulfide) groups is 1. The number of aryl methyl sites for hydroxylation is 1. The average Bonchev–Trinajstić information content (AvgIpc) is 2.56. The van der Waals surface area contributed by atoms with Gasteiger partial charge >= 0.3 is 5.97 Å². The number of rotatable bonds is 1. The lowest BCUT2D eigenvalue weighted by molar-refractivity contribution is 0.0593. The number of nitrogens with one attached hydrogen (secondary N) is 1. The van der Waals surface area contributed by atoms with Crippen LogP contribution in [0.15, 0.2) is 4.47 Å². The number of H-pyrrole nitrogens is 1. The Bertz CT molecular complexity index is 375. The summed E-state index contributed by atoms with van der Waals surface area (Å²) in [6.07, 6.45) is 0.996. The second-order valence-corrected chi connectivity index (χ2v) is 4.96. The maximum atomic E-state index is 11.4. The molecule has 0 spiro atoms. The van der Waals surface area contributed by atoms with Gasteiger partial charge in [-0.05, 0) is 33.7 Å². The van der Waals surface area contributed by atoms with Gasteiger partial charge in [-0.15, -0.1) is 0 Å². The molecule has 1 aromatic rings. The van der Waals surface area contributed by atoms with Crippen molar-refractivity contribution in [2.75, 3.05) is 12.9 Å². The Labute approximate surface area is 94.7 Å². The standard InChI is InChI=1S/C9H10BrNO2S/c1-13-9(12)8-7(10)5-4-14-3-2-6(5)11-8/h11H,2-4H2,1H3. The Kier molecular flexibility index (Phi) is 2.88. The highest BCUT2D eigenvalue weighted by molar-refractivity contribution is 9.10. The zero-order valence-corrected chi connectivity index (χ0v) is 10.1. The summed E-state index contributed by atoms with van der Waals surface area (Å²) in [4.78, 5) is 14.5. The van der Waals surface area contributed by atoms with Crippen molar-refractivity contribution in [1.82, 2.24) is 4.98 Å². The highest BCUT2D eigenvalue weighted by Crippen LogP contribution is 2.33. The first-order valence-corrected chi connectivity index (χ1v) is 6.24. The van der Waals surface area contributed by atoms with Crippen molar-refractivity contribution in [2.45, 2.75) is 12.2 Å². The molecule has 1 aromatic heterocycles. The fourth-order valence-electron chi connectivity index (χ4n) is 1.52. The van der Waals surface area contributed by atoms with Gasteiger partial charge in [0.25, 0.3) is 0 Å². The summed E-state index contributed by atoms with van der Waals surface area (Å²) in [7, 11) is 1.39. The third kappa shape index (κ3) is 1.59. The summed E-state index contributed by atoms with van der Waals surface area (Å²) in [5.74, 6) is 1.76. The molecule has 1 aliphatic heterocycles. The topological polar surface area (TPSA) is 42.1 Å². The van der Waals surface area contributed by atoms with Gasteiger partial charge in [0.1, 0.15) is 5.69 Å². The number of aromatic nitrogens is 1. The first kappa shape index (κ1) is 10.1. The maximum absolute atomic E-state index is 11.4. The van der Waals surface area contributed by atoms with Gasteiger partial charge in [0.2, 0.25) is 0 Å². The number of hydrogen-bond acceptors (Lipinski definition) is 3. The number of methoxy groups -OCH3 is 1. The van der Waals surface area contributed by atoms with Crippen molar-refractivity contribution in [3.05, 3.63) is 21.4 Å². The highest BCUT2D eigenvalue weighted by atomic mass is 79.9. The van der Waals surface area contributed by atoms with Gasteiger partial charge in [-0.25, -0.2) is 4.79 Å². The number of ether oxygens (including phenoxy) is 1. The first-order valence-electron chi connectivity index (χ1n) is 4.29. The summed E-state index contributed by atoms with van der Waals surface area (Å²) in [5.41, 5.74) is 2.91. The lowest BCUT2D eigenvalue weighted by atomic mass is 10.2. The zero-order valence-electron chi connectivity index (χ0n) is 7.72. The maximum Gasteiger partial charge on any atom is 0.355 e. The molecule has 2 rings (SSSR count). The predicted octanol–water partition coefficient (Wildman–Crippen LogP) is 2.35. The molecule has 0 radical (unpaired) electrons. The van der Waals surface area contributed by atoms with Crippen molar-refractivity contribution in [1.29, 1.82) is 0 Å². The van der Waals surface area contributed by atoms with E-state index in [2.05, 4.69) is 25.7 Å². The molecule has 76 valence electrons. The van der Waals surface area contributed by atoms with Crippen molar-refractivity contribution in [2.24, 2.45) is 0 Å². The number of carbonyl (C=O) groups is 1. The van der Waals surface area contributed by atoms with E-state index in [1.54, 1.807) is 0 Å². The largest absolute Gasteiger partial charge is 0.464 e. The molecule has 0 unspecified atom stereocenters. The van der Waals surface area contributed by atoms with Crippen molar-refractivity contribution < 1.29 is 9.53 Å². The summed E-state index contributed by atoms with van der Waals surface area (Å²) in [5, 5.41) is 0. The Morgan fingerprint density at radius 2 is 2.43 bits per heavy atom. The fraction of sp³-hybridized carbons (Fsp3) is 0.444. The number of fused-ring (bicyclic) bond motifs is 1. The summed E-state index contributed by atoms with van der Waals surface area (Å²) in [6, 6.07) is 0. The minimum absolute atomic E-state index is 0.309. The molecule has 1 N–H and O–H groups in total. The summed E-state index contributed by atoms with van der Waals surface area (Å²) >= 11 is 5.32. The van der Waals surface area contributed by atoms with Crippen LogP contribution in [-0.4, -0.2) is 23.8 Å². The van der Waals surface area contributed by atoms with Crippen molar-refractivity contribution >= 4 is 33.7 Å². The van der Waals surface area contributed by atoms with Gasteiger partial charge in [0.05, 0.1) is 11.6 Å². The van der Waals surface area contributed by atoms with Gasteiger partial charge in [-0.1, -0.05) is 0 Å². The molecule has 5 heteroatoms. The van der Waals surface area contributed by atoms with Gasteiger partial charge in [-0.2, -0.15) is 11.8 Å². The molecule has 0 bridgehead atoms. The van der Waals surface area contributed by atoms with Crippen LogP contribution in [-0.2, 0) is 16.9 Å². The SMILES string of the molecule is COC(=O)c1[nH]c2c(c1Br)CSCC2. The van der Waals surface area contributed by atoms with E-state index in [1.165, 1.54) is 12.7 Å².